The number of hydrogen-bond donors (Lipinski definition) is 0. The Bertz CT molecular complexity index is 565. The Balaban J connectivity index is 0.00000242. The van der Waals surface area contributed by atoms with Crippen molar-refractivity contribution in [1.82, 2.24) is 0 Å². The van der Waals surface area contributed by atoms with Crippen LogP contribution in [0.1, 0.15) is 24.0 Å². The van der Waals surface area contributed by atoms with Crippen molar-refractivity contribution in [3.63, 3.8) is 0 Å². The van der Waals surface area contributed by atoms with Crippen LogP contribution in [-0.2, 0) is 10.9 Å². The van der Waals surface area contributed by atoms with Crippen LogP contribution < -0.4 is 0 Å². The number of methoxy groups -OCH3 is 1. The van der Waals surface area contributed by atoms with Gasteiger partial charge in [0.25, 0.3) is 0 Å². The summed E-state index contributed by atoms with van der Waals surface area (Å²) in [6.07, 6.45) is -2.98. The van der Waals surface area contributed by atoms with E-state index in [9.17, 15) is 13.2 Å². The van der Waals surface area contributed by atoms with E-state index in [1.54, 1.807) is 7.11 Å². The lowest BCUT2D eigenvalue weighted by Gasteiger charge is -2.08. The van der Waals surface area contributed by atoms with Gasteiger partial charge in [-0.25, -0.2) is 0 Å². The second kappa shape index (κ2) is 7.99. The lowest BCUT2D eigenvalue weighted by molar-refractivity contribution is -0.137. The second-order valence-electron chi connectivity index (χ2n) is 4.74. The molecule has 0 atom stereocenters. The van der Waals surface area contributed by atoms with E-state index < -0.39 is 11.7 Å². The number of ether oxygens (including phenoxy) is 1. The molecule has 0 radical (unpaired) electrons. The van der Waals surface area contributed by atoms with E-state index in [0.717, 1.165) is 35.5 Å². The fraction of sp³-hybridized carbons (Fsp3) is 0.400. The van der Waals surface area contributed by atoms with Gasteiger partial charge in [-0.1, -0.05) is 12.1 Å². The molecule has 122 valence electrons. The minimum absolute atomic E-state index is 0. The summed E-state index contributed by atoms with van der Waals surface area (Å²) in [5, 5.41) is 0. The minimum Gasteiger partial charge on any atom is -0.384 e. The molecule has 0 amide bonds. The van der Waals surface area contributed by atoms with Gasteiger partial charge >= 0.3 is 6.18 Å². The maximum absolute atomic E-state index is 12.5. The summed E-state index contributed by atoms with van der Waals surface area (Å²) in [6.45, 7) is 0.575. The summed E-state index contributed by atoms with van der Waals surface area (Å²) in [4.78, 5) is 4.43. The van der Waals surface area contributed by atoms with Gasteiger partial charge in [-0.15, -0.1) is 24.0 Å². The lowest BCUT2D eigenvalue weighted by atomic mass is 10.0. The van der Waals surface area contributed by atoms with E-state index >= 15 is 0 Å². The van der Waals surface area contributed by atoms with Gasteiger partial charge in [0.1, 0.15) is 0 Å². The first-order valence-corrected chi connectivity index (χ1v) is 7.00. The fourth-order valence-corrected chi connectivity index (χ4v) is 2.43. The zero-order valence-corrected chi connectivity index (χ0v) is 13.5. The SMILES string of the molecule is COCCC1=C(CCl)N=C(c2ccc(C(F)(F)F)cc2)C1.Cl. The summed E-state index contributed by atoms with van der Waals surface area (Å²) in [5.74, 6) is 0.295. The molecule has 1 aliphatic heterocycles. The molecule has 22 heavy (non-hydrogen) atoms. The molecule has 0 bridgehead atoms. The van der Waals surface area contributed by atoms with Crippen LogP contribution >= 0.6 is 24.0 Å². The van der Waals surface area contributed by atoms with Crippen LogP contribution in [0.25, 0.3) is 0 Å². The van der Waals surface area contributed by atoms with Crippen LogP contribution in [-0.4, -0.2) is 25.3 Å². The molecule has 0 saturated carbocycles. The zero-order valence-electron chi connectivity index (χ0n) is 11.9. The number of benzene rings is 1. The Morgan fingerprint density at radius 3 is 2.36 bits per heavy atom. The van der Waals surface area contributed by atoms with Crippen LogP contribution in [0.15, 0.2) is 40.5 Å². The van der Waals surface area contributed by atoms with Crippen molar-refractivity contribution in [2.24, 2.45) is 4.99 Å². The molecule has 7 heteroatoms. The van der Waals surface area contributed by atoms with Crippen molar-refractivity contribution in [2.75, 3.05) is 19.6 Å². The van der Waals surface area contributed by atoms with Crippen LogP contribution in [0, 0.1) is 0 Å². The van der Waals surface area contributed by atoms with Gasteiger partial charge in [0.15, 0.2) is 0 Å². The molecule has 2 nitrogen and oxygen atoms in total. The standard InChI is InChI=1S/C15H15ClF3NO.ClH/c1-21-7-6-11-8-13(20-14(11)9-16)10-2-4-12(5-3-10)15(17,18)19;/h2-5H,6-9H2,1H3;1H. The zero-order chi connectivity index (χ0) is 15.5. The van der Waals surface area contributed by atoms with Crippen molar-refractivity contribution in [2.45, 2.75) is 19.0 Å². The first-order chi connectivity index (χ1) is 9.95. The number of halogens is 5. The summed E-state index contributed by atoms with van der Waals surface area (Å²) in [6, 6.07) is 5.05. The number of allylic oxidation sites excluding steroid dienone is 1. The smallest absolute Gasteiger partial charge is 0.384 e. The van der Waals surface area contributed by atoms with Gasteiger partial charge in [0, 0.05) is 20.1 Å². The number of alkyl halides is 4. The highest BCUT2D eigenvalue weighted by Gasteiger charge is 2.30. The number of nitrogens with zero attached hydrogens (tertiary/aromatic N) is 1. The van der Waals surface area contributed by atoms with E-state index in [-0.39, 0.29) is 12.4 Å². The molecule has 0 unspecified atom stereocenters. The van der Waals surface area contributed by atoms with Crippen LogP contribution in [0.3, 0.4) is 0 Å². The number of rotatable bonds is 5. The summed E-state index contributed by atoms with van der Waals surface area (Å²) in [7, 11) is 1.62. The van der Waals surface area contributed by atoms with Gasteiger partial charge in [0.2, 0.25) is 0 Å². The molecule has 0 saturated heterocycles. The third-order valence-electron chi connectivity index (χ3n) is 3.34. The first-order valence-electron chi connectivity index (χ1n) is 6.46. The van der Waals surface area contributed by atoms with E-state index in [1.807, 2.05) is 0 Å². The summed E-state index contributed by atoms with van der Waals surface area (Å²) < 4.78 is 42.7. The van der Waals surface area contributed by atoms with Gasteiger partial charge in [-0.05, 0) is 29.7 Å². The Morgan fingerprint density at radius 1 is 1.23 bits per heavy atom. The molecule has 1 aromatic rings. The second-order valence-corrected chi connectivity index (χ2v) is 5.00. The molecule has 0 aliphatic carbocycles. The largest absolute Gasteiger partial charge is 0.416 e. The number of aliphatic imine (C=N–C) groups is 1. The predicted octanol–water partition coefficient (Wildman–Crippen LogP) is 4.85. The minimum atomic E-state index is -4.32. The topological polar surface area (TPSA) is 21.6 Å². The van der Waals surface area contributed by atoms with E-state index in [2.05, 4.69) is 4.99 Å². The molecule has 0 fully saturated rings. The van der Waals surface area contributed by atoms with Gasteiger partial charge < -0.3 is 4.74 Å². The molecule has 0 aromatic heterocycles. The summed E-state index contributed by atoms with van der Waals surface area (Å²) >= 11 is 5.86. The van der Waals surface area contributed by atoms with E-state index in [1.165, 1.54) is 12.1 Å². The average molecular weight is 354 g/mol. The Labute approximate surface area is 138 Å². The molecule has 1 heterocycles. The third kappa shape index (κ3) is 4.48. The van der Waals surface area contributed by atoms with Gasteiger partial charge in [-0.3, -0.25) is 4.99 Å². The van der Waals surface area contributed by atoms with Gasteiger partial charge in [0.05, 0.1) is 22.9 Å². The van der Waals surface area contributed by atoms with E-state index in [0.29, 0.717) is 24.5 Å². The molecule has 0 N–H and O–H groups in total. The highest BCUT2D eigenvalue weighted by Crippen LogP contribution is 2.31. The third-order valence-corrected chi connectivity index (χ3v) is 3.59. The number of hydrogen-bond acceptors (Lipinski definition) is 2. The van der Waals surface area contributed by atoms with Crippen molar-refractivity contribution in [1.29, 1.82) is 0 Å². The molecule has 0 spiro atoms. The van der Waals surface area contributed by atoms with Crippen molar-refractivity contribution in [3.05, 3.63) is 46.7 Å². The maximum Gasteiger partial charge on any atom is 0.416 e. The summed E-state index contributed by atoms with van der Waals surface area (Å²) in [5.41, 5.74) is 2.67. The monoisotopic (exact) mass is 353 g/mol. The predicted molar refractivity (Wildman–Crippen MR) is 84.1 cm³/mol. The van der Waals surface area contributed by atoms with Crippen molar-refractivity contribution in [3.8, 4) is 0 Å². The highest BCUT2D eigenvalue weighted by atomic mass is 35.5. The van der Waals surface area contributed by atoms with Crippen molar-refractivity contribution < 1.29 is 17.9 Å². The lowest BCUT2D eigenvalue weighted by Crippen LogP contribution is -2.06. The average Bonchev–Trinajstić information content (AvgIpc) is 2.87. The molecular weight excluding hydrogens is 338 g/mol. The molecule has 1 aromatic carbocycles. The normalized spacial score (nSPS) is 14.9. The molecule has 2 rings (SSSR count). The van der Waals surface area contributed by atoms with E-state index in [4.69, 9.17) is 16.3 Å². The maximum atomic E-state index is 12.5. The highest BCUT2D eigenvalue weighted by molar-refractivity contribution is 6.20. The molecular formula is C15H16Cl2F3NO. The quantitative estimate of drug-likeness (QED) is 0.693. The van der Waals surface area contributed by atoms with Crippen molar-refractivity contribution >= 4 is 29.7 Å². The first kappa shape index (κ1) is 19.0. The van der Waals surface area contributed by atoms with Crippen LogP contribution in [0.5, 0.6) is 0 Å². The Morgan fingerprint density at radius 2 is 1.86 bits per heavy atom. The Kier molecular flexibility index (Phi) is 6.91. The van der Waals surface area contributed by atoms with Crippen LogP contribution in [0.2, 0.25) is 0 Å². The van der Waals surface area contributed by atoms with Crippen LogP contribution in [0.4, 0.5) is 13.2 Å². The fourth-order valence-electron chi connectivity index (χ4n) is 2.19. The molecule has 1 aliphatic rings. The van der Waals surface area contributed by atoms with Gasteiger partial charge in [-0.2, -0.15) is 13.2 Å². The Hall–Kier alpha value is -1.04.